The molecule has 1 aromatic rings. The molecule has 0 bridgehead atoms. The van der Waals surface area contributed by atoms with Crippen molar-refractivity contribution < 1.29 is 19.2 Å². The summed E-state index contributed by atoms with van der Waals surface area (Å²) in [6.45, 7) is 0.298. The highest BCUT2D eigenvalue weighted by Gasteiger charge is 2.03. The lowest BCUT2D eigenvalue weighted by Crippen LogP contribution is -2.29. The number of carboxylic acids is 1. The molecule has 0 atom stereocenters. The summed E-state index contributed by atoms with van der Waals surface area (Å²) in [5.41, 5.74) is 0. The van der Waals surface area contributed by atoms with E-state index in [1.165, 1.54) is 12.3 Å². The van der Waals surface area contributed by atoms with Crippen molar-refractivity contribution in [3.63, 3.8) is 0 Å². The molecular weight excluding hydrogens is 202 g/mol. The Hall–Kier alpha value is -2.05. The van der Waals surface area contributed by atoms with Gasteiger partial charge in [0.25, 0.3) is 0 Å². The van der Waals surface area contributed by atoms with Gasteiger partial charge in [-0.05, 0) is 6.42 Å². The van der Waals surface area contributed by atoms with Gasteiger partial charge < -0.3 is 14.9 Å². The summed E-state index contributed by atoms with van der Waals surface area (Å²) < 4.78 is 4.63. The highest BCUT2D eigenvalue weighted by Crippen LogP contribution is 2.02. The number of anilines is 1. The van der Waals surface area contributed by atoms with Crippen molar-refractivity contribution >= 4 is 17.9 Å². The fourth-order valence-electron chi connectivity index (χ4n) is 0.878. The third-order valence-electron chi connectivity index (χ3n) is 1.53. The van der Waals surface area contributed by atoms with Gasteiger partial charge in [-0.3, -0.25) is 10.1 Å². The van der Waals surface area contributed by atoms with E-state index < -0.39 is 12.0 Å². The number of carbonyl (C=O) groups is 2. The maximum Gasteiger partial charge on any atom is 0.321 e. The first-order valence-electron chi connectivity index (χ1n) is 4.36. The van der Waals surface area contributed by atoms with E-state index in [1.807, 2.05) is 0 Å². The quantitative estimate of drug-likeness (QED) is 0.623. The molecule has 0 unspecified atom stereocenters. The predicted octanol–water partition coefficient (Wildman–Crippen LogP) is 0.661. The minimum absolute atomic E-state index is 0.0303. The van der Waals surface area contributed by atoms with Gasteiger partial charge in [0.15, 0.2) is 0 Å². The lowest BCUT2D eigenvalue weighted by Gasteiger charge is -2.03. The van der Waals surface area contributed by atoms with Crippen molar-refractivity contribution in [1.82, 2.24) is 10.5 Å². The number of aromatic nitrogens is 1. The first-order chi connectivity index (χ1) is 7.18. The van der Waals surface area contributed by atoms with Gasteiger partial charge in [-0.1, -0.05) is 5.16 Å². The highest BCUT2D eigenvalue weighted by molar-refractivity contribution is 5.87. The van der Waals surface area contributed by atoms with E-state index in [9.17, 15) is 9.59 Å². The number of nitrogens with zero attached hydrogens (tertiary/aromatic N) is 1. The average molecular weight is 213 g/mol. The average Bonchev–Trinajstić information content (AvgIpc) is 2.64. The van der Waals surface area contributed by atoms with E-state index in [0.29, 0.717) is 13.0 Å². The molecule has 3 N–H and O–H groups in total. The van der Waals surface area contributed by atoms with Gasteiger partial charge in [0.2, 0.25) is 5.88 Å². The summed E-state index contributed by atoms with van der Waals surface area (Å²) in [6, 6.07) is 1.05. The van der Waals surface area contributed by atoms with Gasteiger partial charge in [0, 0.05) is 19.0 Å². The molecule has 0 aromatic carbocycles. The van der Waals surface area contributed by atoms with Crippen LogP contribution in [0.5, 0.6) is 0 Å². The molecule has 7 heteroatoms. The summed E-state index contributed by atoms with van der Waals surface area (Å²) >= 11 is 0. The summed E-state index contributed by atoms with van der Waals surface area (Å²) in [4.78, 5) is 21.2. The molecule has 15 heavy (non-hydrogen) atoms. The summed E-state index contributed by atoms with van der Waals surface area (Å²) in [6.07, 6.45) is 1.82. The Morgan fingerprint density at radius 1 is 1.53 bits per heavy atom. The number of hydrogen-bond acceptors (Lipinski definition) is 4. The lowest BCUT2D eigenvalue weighted by molar-refractivity contribution is -0.137. The van der Waals surface area contributed by atoms with Crippen molar-refractivity contribution in [1.29, 1.82) is 0 Å². The molecule has 0 saturated carbocycles. The Morgan fingerprint density at radius 2 is 2.33 bits per heavy atom. The fraction of sp³-hybridized carbons (Fsp3) is 0.375. The van der Waals surface area contributed by atoms with Crippen molar-refractivity contribution in [3.8, 4) is 0 Å². The molecule has 7 nitrogen and oxygen atoms in total. The molecule has 1 heterocycles. The molecule has 0 saturated heterocycles. The zero-order valence-corrected chi connectivity index (χ0v) is 7.90. The van der Waals surface area contributed by atoms with Gasteiger partial charge in [-0.15, -0.1) is 0 Å². The topological polar surface area (TPSA) is 104 Å². The van der Waals surface area contributed by atoms with Gasteiger partial charge in [0.05, 0.1) is 6.20 Å². The van der Waals surface area contributed by atoms with E-state index in [2.05, 4.69) is 20.3 Å². The van der Waals surface area contributed by atoms with Crippen LogP contribution in [0.2, 0.25) is 0 Å². The smallest absolute Gasteiger partial charge is 0.321 e. The van der Waals surface area contributed by atoms with Crippen LogP contribution >= 0.6 is 0 Å². The number of hydrogen-bond donors (Lipinski definition) is 3. The Bertz CT molecular complexity index is 323. The first kappa shape index (κ1) is 11.0. The number of aliphatic carboxylic acids is 1. The van der Waals surface area contributed by atoms with Crippen molar-refractivity contribution in [2.45, 2.75) is 12.8 Å². The summed E-state index contributed by atoms with van der Waals surface area (Å²) in [7, 11) is 0. The molecule has 82 valence electrons. The molecule has 0 aliphatic rings. The molecular formula is C8H11N3O4. The van der Waals surface area contributed by atoms with Crippen LogP contribution in [0.15, 0.2) is 16.8 Å². The van der Waals surface area contributed by atoms with Crippen LogP contribution < -0.4 is 10.6 Å². The van der Waals surface area contributed by atoms with Gasteiger partial charge in [0.1, 0.15) is 0 Å². The minimum Gasteiger partial charge on any atom is -0.481 e. The zero-order valence-electron chi connectivity index (χ0n) is 7.90. The van der Waals surface area contributed by atoms with Crippen LogP contribution in [-0.4, -0.2) is 28.8 Å². The Balaban J connectivity index is 2.11. The van der Waals surface area contributed by atoms with Gasteiger partial charge >= 0.3 is 12.0 Å². The third kappa shape index (κ3) is 4.65. The van der Waals surface area contributed by atoms with Crippen LogP contribution in [-0.2, 0) is 4.79 Å². The van der Waals surface area contributed by atoms with E-state index in [-0.39, 0.29) is 12.3 Å². The number of carboxylic acid groups (broad SMARTS) is 1. The molecule has 0 aliphatic heterocycles. The lowest BCUT2D eigenvalue weighted by atomic mass is 10.3. The monoisotopic (exact) mass is 213 g/mol. The predicted molar refractivity (Wildman–Crippen MR) is 50.4 cm³/mol. The Labute approximate surface area is 85.4 Å². The molecule has 1 rings (SSSR count). The molecule has 0 fully saturated rings. The van der Waals surface area contributed by atoms with Gasteiger partial charge in [-0.25, -0.2) is 4.79 Å². The fourth-order valence-corrected chi connectivity index (χ4v) is 0.878. The van der Waals surface area contributed by atoms with Crippen LogP contribution in [0.4, 0.5) is 10.7 Å². The second kappa shape index (κ2) is 5.63. The highest BCUT2D eigenvalue weighted by atomic mass is 16.5. The zero-order chi connectivity index (χ0) is 11.1. The Kier molecular flexibility index (Phi) is 4.14. The molecule has 2 amide bonds. The van der Waals surface area contributed by atoms with Gasteiger partial charge in [-0.2, -0.15) is 0 Å². The maximum atomic E-state index is 11.1. The van der Waals surface area contributed by atoms with E-state index in [1.54, 1.807) is 0 Å². The van der Waals surface area contributed by atoms with E-state index >= 15 is 0 Å². The normalized spacial score (nSPS) is 9.60. The second-order valence-electron chi connectivity index (χ2n) is 2.75. The number of carbonyl (C=O) groups excluding carboxylic acids is 1. The molecule has 1 aromatic heterocycles. The summed E-state index contributed by atoms with van der Waals surface area (Å²) in [5.74, 6) is -0.641. The molecule has 0 aliphatic carbocycles. The SMILES string of the molecule is O=C(O)CCCNC(=O)Nc1ccno1. The van der Waals surface area contributed by atoms with Crippen LogP contribution in [0, 0.1) is 0 Å². The Morgan fingerprint density at radius 3 is 2.93 bits per heavy atom. The molecule has 0 spiro atoms. The standard InChI is InChI=1S/C8H11N3O4/c12-7(13)2-1-4-9-8(14)11-6-3-5-10-15-6/h3,5H,1-2,4H2,(H,12,13)(H2,9,11,14). The molecule has 0 radical (unpaired) electrons. The van der Waals surface area contributed by atoms with E-state index in [4.69, 9.17) is 5.11 Å². The van der Waals surface area contributed by atoms with E-state index in [0.717, 1.165) is 0 Å². The number of urea groups is 1. The first-order valence-corrected chi connectivity index (χ1v) is 4.36. The summed E-state index contributed by atoms with van der Waals surface area (Å²) in [5, 5.41) is 16.6. The third-order valence-corrected chi connectivity index (χ3v) is 1.53. The van der Waals surface area contributed by atoms with Crippen molar-refractivity contribution in [3.05, 3.63) is 12.3 Å². The number of rotatable bonds is 5. The van der Waals surface area contributed by atoms with Crippen molar-refractivity contribution in [2.24, 2.45) is 0 Å². The van der Waals surface area contributed by atoms with Crippen molar-refractivity contribution in [2.75, 3.05) is 11.9 Å². The van der Waals surface area contributed by atoms with Crippen LogP contribution in [0.1, 0.15) is 12.8 Å². The maximum absolute atomic E-state index is 11.1. The minimum atomic E-state index is -0.882. The largest absolute Gasteiger partial charge is 0.481 e. The second-order valence-corrected chi connectivity index (χ2v) is 2.75. The van der Waals surface area contributed by atoms with Crippen LogP contribution in [0.3, 0.4) is 0 Å². The number of nitrogens with one attached hydrogen (secondary N) is 2. The number of amides is 2. The van der Waals surface area contributed by atoms with Crippen LogP contribution in [0.25, 0.3) is 0 Å².